The Morgan fingerprint density at radius 2 is 2.07 bits per heavy atom. The highest BCUT2D eigenvalue weighted by molar-refractivity contribution is 7.99. The molecular weight excluding hydrogens is 414 g/mol. The van der Waals surface area contributed by atoms with E-state index in [2.05, 4.69) is 27.4 Å². The van der Waals surface area contributed by atoms with Crippen molar-refractivity contribution >= 4 is 40.9 Å². The summed E-state index contributed by atoms with van der Waals surface area (Å²) in [5.41, 5.74) is 0.550. The fourth-order valence-corrected chi connectivity index (χ4v) is 3.35. The number of hydrogen-bond acceptors (Lipinski definition) is 6. The summed E-state index contributed by atoms with van der Waals surface area (Å²) in [7, 11) is 0. The lowest BCUT2D eigenvalue weighted by atomic mass is 10.3. The summed E-state index contributed by atoms with van der Waals surface area (Å²) in [6.07, 6.45) is 3.12. The van der Waals surface area contributed by atoms with Crippen molar-refractivity contribution in [1.82, 2.24) is 20.1 Å². The fourth-order valence-electron chi connectivity index (χ4n) is 2.40. The molecular formula is C19H18ClN5O3S. The van der Waals surface area contributed by atoms with E-state index in [4.69, 9.17) is 16.0 Å². The molecule has 29 heavy (non-hydrogen) atoms. The molecule has 8 nitrogen and oxygen atoms in total. The second-order valence-electron chi connectivity index (χ2n) is 5.77. The molecule has 3 aromatic rings. The van der Waals surface area contributed by atoms with Crippen LogP contribution in [-0.4, -0.2) is 32.3 Å². The van der Waals surface area contributed by atoms with Crippen molar-refractivity contribution < 1.29 is 14.0 Å². The predicted molar refractivity (Wildman–Crippen MR) is 111 cm³/mol. The van der Waals surface area contributed by atoms with Crippen LogP contribution in [-0.2, 0) is 17.9 Å². The molecule has 2 heterocycles. The lowest BCUT2D eigenvalue weighted by molar-refractivity contribution is -0.113. The highest BCUT2D eigenvalue weighted by Gasteiger charge is 2.16. The Labute approximate surface area is 176 Å². The Kier molecular flexibility index (Phi) is 7.09. The summed E-state index contributed by atoms with van der Waals surface area (Å²) in [6, 6.07) is 10.2. The van der Waals surface area contributed by atoms with Gasteiger partial charge in [-0.3, -0.25) is 9.59 Å². The van der Waals surface area contributed by atoms with E-state index in [-0.39, 0.29) is 29.9 Å². The first-order valence-corrected chi connectivity index (χ1v) is 9.96. The van der Waals surface area contributed by atoms with Crippen molar-refractivity contribution in [3.8, 4) is 0 Å². The van der Waals surface area contributed by atoms with Crippen LogP contribution in [0.4, 0.5) is 5.69 Å². The van der Waals surface area contributed by atoms with Gasteiger partial charge in [-0.2, -0.15) is 0 Å². The monoisotopic (exact) mass is 431 g/mol. The van der Waals surface area contributed by atoms with Crippen LogP contribution in [0.15, 0.2) is 64.9 Å². The number of anilines is 1. The SMILES string of the molecule is C=CCn1c(CNC(=O)c2ccco2)nnc1SCC(=O)Nc1ccccc1Cl. The van der Waals surface area contributed by atoms with Crippen LogP contribution in [0.5, 0.6) is 0 Å². The lowest BCUT2D eigenvalue weighted by Crippen LogP contribution is -2.24. The number of nitrogens with zero attached hydrogens (tertiary/aromatic N) is 3. The number of aromatic nitrogens is 3. The van der Waals surface area contributed by atoms with Gasteiger partial charge in [-0.15, -0.1) is 16.8 Å². The van der Waals surface area contributed by atoms with Crippen LogP contribution < -0.4 is 10.6 Å². The third kappa shape index (κ3) is 5.49. The van der Waals surface area contributed by atoms with Gasteiger partial charge in [0, 0.05) is 6.54 Å². The minimum absolute atomic E-state index is 0.124. The molecule has 0 atom stereocenters. The van der Waals surface area contributed by atoms with E-state index in [1.165, 1.54) is 18.0 Å². The number of thioether (sulfide) groups is 1. The summed E-state index contributed by atoms with van der Waals surface area (Å²) in [5, 5.41) is 14.7. The van der Waals surface area contributed by atoms with Gasteiger partial charge >= 0.3 is 0 Å². The van der Waals surface area contributed by atoms with Gasteiger partial charge in [0.25, 0.3) is 5.91 Å². The zero-order chi connectivity index (χ0) is 20.6. The van der Waals surface area contributed by atoms with E-state index in [0.29, 0.717) is 28.2 Å². The van der Waals surface area contributed by atoms with E-state index in [9.17, 15) is 9.59 Å². The molecule has 0 aliphatic rings. The van der Waals surface area contributed by atoms with Crippen molar-refractivity contribution in [2.24, 2.45) is 0 Å². The van der Waals surface area contributed by atoms with Crippen LogP contribution in [0.3, 0.4) is 0 Å². The molecule has 1 aromatic carbocycles. The van der Waals surface area contributed by atoms with E-state index in [1.54, 1.807) is 47.0 Å². The number of nitrogens with one attached hydrogen (secondary N) is 2. The zero-order valence-corrected chi connectivity index (χ0v) is 16.9. The number of halogens is 1. The number of amides is 2. The Morgan fingerprint density at radius 1 is 1.24 bits per heavy atom. The van der Waals surface area contributed by atoms with E-state index >= 15 is 0 Å². The van der Waals surface area contributed by atoms with Gasteiger partial charge in [0.05, 0.1) is 29.3 Å². The van der Waals surface area contributed by atoms with Gasteiger partial charge in [0.15, 0.2) is 16.7 Å². The maximum Gasteiger partial charge on any atom is 0.287 e. The van der Waals surface area contributed by atoms with Crippen LogP contribution in [0.25, 0.3) is 0 Å². The molecule has 0 spiro atoms. The average molecular weight is 432 g/mol. The average Bonchev–Trinajstić information content (AvgIpc) is 3.37. The third-order valence-corrected chi connectivity index (χ3v) is 5.03. The number of benzene rings is 1. The summed E-state index contributed by atoms with van der Waals surface area (Å²) in [4.78, 5) is 24.2. The maximum atomic E-state index is 12.2. The molecule has 3 rings (SSSR count). The van der Waals surface area contributed by atoms with Crippen LogP contribution in [0, 0.1) is 0 Å². The topological polar surface area (TPSA) is 102 Å². The highest BCUT2D eigenvalue weighted by atomic mass is 35.5. The van der Waals surface area contributed by atoms with Crippen molar-refractivity contribution in [3.63, 3.8) is 0 Å². The number of carbonyl (C=O) groups excluding carboxylic acids is 2. The van der Waals surface area contributed by atoms with Gasteiger partial charge in [-0.1, -0.05) is 41.6 Å². The van der Waals surface area contributed by atoms with Crippen molar-refractivity contribution in [2.75, 3.05) is 11.1 Å². The number of allylic oxidation sites excluding steroid dienone is 1. The lowest BCUT2D eigenvalue weighted by Gasteiger charge is -2.09. The smallest absolute Gasteiger partial charge is 0.287 e. The largest absolute Gasteiger partial charge is 0.459 e. The molecule has 150 valence electrons. The molecule has 0 saturated carbocycles. The quantitative estimate of drug-likeness (QED) is 0.398. The summed E-state index contributed by atoms with van der Waals surface area (Å²) in [5.74, 6) is 0.309. The number of carbonyl (C=O) groups is 2. The standard InChI is InChI=1S/C19H18ClN5O3S/c1-2-9-25-16(11-21-18(27)15-8-5-10-28-15)23-24-19(25)29-12-17(26)22-14-7-4-3-6-13(14)20/h2-8,10H,1,9,11-12H2,(H,21,27)(H,22,26). The molecule has 0 unspecified atom stereocenters. The highest BCUT2D eigenvalue weighted by Crippen LogP contribution is 2.22. The number of hydrogen-bond donors (Lipinski definition) is 2. The van der Waals surface area contributed by atoms with Crippen LogP contribution >= 0.6 is 23.4 Å². The fraction of sp³-hybridized carbons (Fsp3) is 0.158. The molecule has 0 aliphatic heterocycles. The number of furan rings is 1. The predicted octanol–water partition coefficient (Wildman–Crippen LogP) is 3.37. The number of rotatable bonds is 9. The minimum Gasteiger partial charge on any atom is -0.459 e. The van der Waals surface area contributed by atoms with Gasteiger partial charge in [-0.25, -0.2) is 0 Å². The normalized spacial score (nSPS) is 10.5. The Balaban J connectivity index is 1.60. The van der Waals surface area contributed by atoms with Gasteiger partial charge in [-0.05, 0) is 24.3 Å². The van der Waals surface area contributed by atoms with Crippen molar-refractivity contribution in [3.05, 3.63) is 71.9 Å². The van der Waals surface area contributed by atoms with E-state index in [1.807, 2.05) is 0 Å². The molecule has 2 N–H and O–H groups in total. The minimum atomic E-state index is -0.350. The van der Waals surface area contributed by atoms with Crippen LogP contribution in [0.1, 0.15) is 16.4 Å². The molecule has 0 fully saturated rings. The first-order valence-electron chi connectivity index (χ1n) is 8.60. The molecule has 0 bridgehead atoms. The Bertz CT molecular complexity index is 1000. The summed E-state index contributed by atoms with van der Waals surface area (Å²) >= 11 is 7.28. The van der Waals surface area contributed by atoms with Gasteiger partial charge in [0.1, 0.15) is 0 Å². The third-order valence-electron chi connectivity index (χ3n) is 3.74. The molecule has 2 amide bonds. The second kappa shape index (κ2) is 9.94. The van der Waals surface area contributed by atoms with E-state index < -0.39 is 0 Å². The molecule has 2 aromatic heterocycles. The summed E-state index contributed by atoms with van der Waals surface area (Å²) < 4.78 is 6.84. The Hall–Kier alpha value is -3.04. The van der Waals surface area contributed by atoms with Gasteiger partial charge < -0.3 is 19.6 Å². The van der Waals surface area contributed by atoms with Gasteiger partial charge in [0.2, 0.25) is 5.91 Å². The maximum absolute atomic E-state index is 12.2. The summed E-state index contributed by atoms with van der Waals surface area (Å²) in [6.45, 7) is 4.33. The van der Waals surface area contributed by atoms with Crippen molar-refractivity contribution in [1.29, 1.82) is 0 Å². The van der Waals surface area contributed by atoms with E-state index in [0.717, 1.165) is 0 Å². The Morgan fingerprint density at radius 3 is 2.79 bits per heavy atom. The number of para-hydroxylation sites is 1. The molecule has 0 radical (unpaired) electrons. The molecule has 0 aliphatic carbocycles. The molecule has 10 heteroatoms. The van der Waals surface area contributed by atoms with Crippen LogP contribution in [0.2, 0.25) is 5.02 Å². The second-order valence-corrected chi connectivity index (χ2v) is 7.12. The zero-order valence-electron chi connectivity index (χ0n) is 15.3. The first kappa shape index (κ1) is 20.7. The first-order chi connectivity index (χ1) is 14.1. The van der Waals surface area contributed by atoms with Crippen molar-refractivity contribution in [2.45, 2.75) is 18.2 Å². The molecule has 0 saturated heterocycles.